The zero-order chi connectivity index (χ0) is 8.85. The molecular weight excluding hydrogens is 144 g/mol. The van der Waals surface area contributed by atoms with Crippen molar-refractivity contribution in [2.75, 3.05) is 7.11 Å². The number of ether oxygens (including phenoxy) is 1. The van der Waals surface area contributed by atoms with Crippen molar-refractivity contribution in [2.45, 2.75) is 19.4 Å². The molecule has 0 radical (unpaired) electrons. The molecule has 0 bridgehead atoms. The van der Waals surface area contributed by atoms with Crippen molar-refractivity contribution in [2.24, 2.45) is 5.92 Å². The number of methoxy groups -OCH3 is 1. The van der Waals surface area contributed by atoms with Crippen LogP contribution in [0.1, 0.15) is 13.3 Å². The summed E-state index contributed by atoms with van der Waals surface area (Å²) in [5, 5.41) is 9.10. The molecule has 0 heterocycles. The van der Waals surface area contributed by atoms with E-state index >= 15 is 0 Å². The van der Waals surface area contributed by atoms with Crippen LogP contribution in [0.15, 0.2) is 12.7 Å². The van der Waals surface area contributed by atoms with Gasteiger partial charge in [0.05, 0.1) is 19.1 Å². The maximum absolute atomic E-state index is 10.9. The number of carbonyl (C=O) groups is 1. The van der Waals surface area contributed by atoms with Gasteiger partial charge in [0.2, 0.25) is 0 Å². The fourth-order valence-corrected chi connectivity index (χ4v) is 0.821. The fraction of sp³-hybridized carbons (Fsp3) is 0.625. The topological polar surface area (TPSA) is 46.5 Å². The largest absolute Gasteiger partial charge is 0.469 e. The van der Waals surface area contributed by atoms with Crippen molar-refractivity contribution in [1.82, 2.24) is 0 Å². The summed E-state index contributed by atoms with van der Waals surface area (Å²) in [6.45, 7) is 5.04. The fourth-order valence-electron chi connectivity index (χ4n) is 0.821. The lowest BCUT2D eigenvalue weighted by Crippen LogP contribution is -2.26. The molecule has 0 aromatic carbocycles. The number of rotatable bonds is 4. The van der Waals surface area contributed by atoms with Crippen LogP contribution in [0.2, 0.25) is 0 Å². The Morgan fingerprint density at radius 2 is 2.36 bits per heavy atom. The van der Waals surface area contributed by atoms with Gasteiger partial charge in [-0.05, 0) is 13.3 Å². The minimum absolute atomic E-state index is 0.389. The number of hydrogen-bond donors (Lipinski definition) is 1. The minimum Gasteiger partial charge on any atom is -0.469 e. The predicted octanol–water partition coefficient (Wildman–Crippen LogP) is 0.732. The van der Waals surface area contributed by atoms with Gasteiger partial charge in [0.15, 0.2) is 0 Å². The Morgan fingerprint density at radius 3 is 2.64 bits per heavy atom. The van der Waals surface area contributed by atoms with E-state index < -0.39 is 12.0 Å². The van der Waals surface area contributed by atoms with Crippen molar-refractivity contribution in [3.05, 3.63) is 12.7 Å². The van der Waals surface area contributed by atoms with Crippen LogP contribution in [-0.4, -0.2) is 24.3 Å². The van der Waals surface area contributed by atoms with E-state index in [4.69, 9.17) is 5.11 Å². The van der Waals surface area contributed by atoms with Gasteiger partial charge in [-0.3, -0.25) is 4.79 Å². The van der Waals surface area contributed by atoms with E-state index in [2.05, 4.69) is 11.3 Å². The molecule has 0 aliphatic rings. The lowest BCUT2D eigenvalue weighted by atomic mass is 10.0. The van der Waals surface area contributed by atoms with Gasteiger partial charge in [-0.1, -0.05) is 6.08 Å². The van der Waals surface area contributed by atoms with E-state index in [0.717, 1.165) is 0 Å². The number of aliphatic hydroxyl groups is 1. The van der Waals surface area contributed by atoms with Crippen molar-refractivity contribution >= 4 is 5.97 Å². The molecule has 0 aromatic heterocycles. The number of carbonyl (C=O) groups excluding carboxylic acids is 1. The van der Waals surface area contributed by atoms with Gasteiger partial charge in [0.25, 0.3) is 0 Å². The third-order valence-corrected chi connectivity index (χ3v) is 1.51. The summed E-state index contributed by atoms with van der Waals surface area (Å²) in [4.78, 5) is 10.9. The van der Waals surface area contributed by atoms with E-state index in [1.165, 1.54) is 7.11 Å². The molecule has 3 heteroatoms. The summed E-state index contributed by atoms with van der Waals surface area (Å²) in [6.07, 6.45) is 1.36. The van der Waals surface area contributed by atoms with E-state index in [1.807, 2.05) is 0 Å². The average Bonchev–Trinajstić information content (AvgIpc) is 1.98. The van der Waals surface area contributed by atoms with E-state index in [9.17, 15) is 4.79 Å². The number of allylic oxidation sites excluding steroid dienone is 1. The summed E-state index contributed by atoms with van der Waals surface area (Å²) >= 11 is 0. The molecule has 0 aliphatic carbocycles. The molecule has 11 heavy (non-hydrogen) atoms. The quantitative estimate of drug-likeness (QED) is 0.484. The summed E-state index contributed by atoms with van der Waals surface area (Å²) in [6, 6.07) is 0. The number of hydrogen-bond acceptors (Lipinski definition) is 3. The van der Waals surface area contributed by atoms with Gasteiger partial charge in [0, 0.05) is 0 Å². The zero-order valence-corrected chi connectivity index (χ0v) is 6.91. The molecular formula is C8H14O3. The Morgan fingerprint density at radius 1 is 1.82 bits per heavy atom. The van der Waals surface area contributed by atoms with Gasteiger partial charge >= 0.3 is 5.97 Å². The van der Waals surface area contributed by atoms with Crippen LogP contribution in [0.3, 0.4) is 0 Å². The molecule has 0 aromatic rings. The van der Waals surface area contributed by atoms with Gasteiger partial charge in [-0.25, -0.2) is 0 Å². The summed E-state index contributed by atoms with van der Waals surface area (Å²) in [5.74, 6) is -0.864. The molecule has 2 atom stereocenters. The maximum atomic E-state index is 10.9. The van der Waals surface area contributed by atoms with Crippen LogP contribution >= 0.6 is 0 Å². The second-order valence-electron chi connectivity index (χ2n) is 2.39. The average molecular weight is 158 g/mol. The van der Waals surface area contributed by atoms with Crippen molar-refractivity contribution < 1.29 is 14.6 Å². The highest BCUT2D eigenvalue weighted by molar-refractivity contribution is 5.73. The highest BCUT2D eigenvalue weighted by atomic mass is 16.5. The first-order valence-corrected chi connectivity index (χ1v) is 3.50. The first-order valence-electron chi connectivity index (χ1n) is 3.50. The molecule has 0 amide bonds. The molecule has 1 N–H and O–H groups in total. The molecule has 0 spiro atoms. The first-order chi connectivity index (χ1) is 5.13. The monoisotopic (exact) mass is 158 g/mol. The molecule has 0 unspecified atom stereocenters. The lowest BCUT2D eigenvalue weighted by Gasteiger charge is -2.14. The van der Waals surface area contributed by atoms with Crippen molar-refractivity contribution in [3.63, 3.8) is 0 Å². The standard InChI is InChI=1S/C8H14O3/c1-4-5-7(6(2)9)8(10)11-3/h4,6-7,9H,1,5H2,2-3H3/t6-,7-/m1/s1. The molecule has 0 saturated heterocycles. The van der Waals surface area contributed by atoms with E-state index in [0.29, 0.717) is 6.42 Å². The zero-order valence-electron chi connectivity index (χ0n) is 6.91. The maximum Gasteiger partial charge on any atom is 0.311 e. The Hall–Kier alpha value is -0.830. The van der Waals surface area contributed by atoms with E-state index in [1.54, 1.807) is 13.0 Å². The lowest BCUT2D eigenvalue weighted by molar-refractivity contribution is -0.148. The van der Waals surface area contributed by atoms with Gasteiger partial charge in [-0.15, -0.1) is 6.58 Å². The van der Waals surface area contributed by atoms with Crippen molar-refractivity contribution in [1.29, 1.82) is 0 Å². The highest BCUT2D eigenvalue weighted by Crippen LogP contribution is 2.10. The smallest absolute Gasteiger partial charge is 0.311 e. The van der Waals surface area contributed by atoms with Gasteiger partial charge in [0.1, 0.15) is 0 Å². The highest BCUT2D eigenvalue weighted by Gasteiger charge is 2.22. The molecule has 0 aliphatic heterocycles. The Labute approximate surface area is 66.7 Å². The van der Waals surface area contributed by atoms with Gasteiger partial charge < -0.3 is 9.84 Å². The summed E-state index contributed by atoms with van der Waals surface area (Å²) in [7, 11) is 1.31. The van der Waals surface area contributed by atoms with Crippen LogP contribution < -0.4 is 0 Å². The summed E-state index contributed by atoms with van der Waals surface area (Å²) in [5.41, 5.74) is 0. The third kappa shape index (κ3) is 3.18. The predicted molar refractivity (Wildman–Crippen MR) is 42.0 cm³/mol. The first kappa shape index (κ1) is 10.2. The van der Waals surface area contributed by atoms with E-state index in [-0.39, 0.29) is 5.97 Å². The molecule has 0 fully saturated rings. The Bertz CT molecular complexity index is 140. The Kier molecular flexibility index (Phi) is 4.54. The van der Waals surface area contributed by atoms with Crippen LogP contribution in [0.5, 0.6) is 0 Å². The van der Waals surface area contributed by atoms with Crippen molar-refractivity contribution in [3.8, 4) is 0 Å². The van der Waals surface area contributed by atoms with Gasteiger partial charge in [-0.2, -0.15) is 0 Å². The molecule has 0 saturated carbocycles. The molecule has 64 valence electrons. The normalized spacial score (nSPS) is 15.2. The Balaban J connectivity index is 4.08. The minimum atomic E-state index is -0.680. The van der Waals surface area contributed by atoms with Crippen LogP contribution in [-0.2, 0) is 9.53 Å². The second-order valence-corrected chi connectivity index (χ2v) is 2.39. The molecule has 3 nitrogen and oxygen atoms in total. The van der Waals surface area contributed by atoms with Crippen LogP contribution in [0.25, 0.3) is 0 Å². The summed E-state index contributed by atoms with van der Waals surface area (Å²) < 4.78 is 4.48. The molecule has 0 rings (SSSR count). The second kappa shape index (κ2) is 4.91. The van der Waals surface area contributed by atoms with Crippen LogP contribution in [0, 0.1) is 5.92 Å². The number of esters is 1. The SMILES string of the molecule is C=CC[C@@H](C(=O)OC)[C@@H](C)O. The van der Waals surface area contributed by atoms with Crippen LogP contribution in [0.4, 0.5) is 0 Å². The third-order valence-electron chi connectivity index (χ3n) is 1.51. The number of aliphatic hydroxyl groups excluding tert-OH is 1.